The molecule has 3 aromatic carbocycles. The van der Waals surface area contributed by atoms with E-state index < -0.39 is 0 Å². The highest BCUT2D eigenvalue weighted by Crippen LogP contribution is 2.53. The second kappa shape index (κ2) is 9.82. The lowest BCUT2D eigenvalue weighted by Crippen LogP contribution is -2.32. The van der Waals surface area contributed by atoms with Gasteiger partial charge in [0.05, 0.1) is 23.4 Å². The number of aliphatic imine (C=N–C) groups is 1. The molecule has 0 bridgehead atoms. The molecule has 0 saturated carbocycles. The van der Waals surface area contributed by atoms with Crippen LogP contribution in [0.15, 0.2) is 132 Å². The van der Waals surface area contributed by atoms with E-state index in [1.807, 2.05) is 30.4 Å². The number of anilines is 2. The van der Waals surface area contributed by atoms with Crippen molar-refractivity contribution in [2.75, 3.05) is 4.90 Å². The van der Waals surface area contributed by atoms with E-state index in [1.54, 1.807) is 0 Å². The number of thioether (sulfide) groups is 1. The summed E-state index contributed by atoms with van der Waals surface area (Å²) in [6.45, 7) is 0. The maximum absolute atomic E-state index is 4.51. The van der Waals surface area contributed by atoms with Gasteiger partial charge in [-0.1, -0.05) is 72.9 Å². The second-order valence-electron chi connectivity index (χ2n) is 12.5. The molecule has 5 aliphatic rings. The van der Waals surface area contributed by atoms with E-state index >= 15 is 0 Å². The maximum atomic E-state index is 4.51. The van der Waals surface area contributed by atoms with Gasteiger partial charge in [-0.2, -0.15) is 0 Å². The van der Waals surface area contributed by atoms with E-state index in [0.29, 0.717) is 17.1 Å². The lowest BCUT2D eigenvalue weighted by atomic mass is 9.87. The number of para-hydroxylation sites is 1. The lowest BCUT2D eigenvalue weighted by molar-refractivity contribution is 0.786. The first-order chi connectivity index (χ1) is 22.3. The van der Waals surface area contributed by atoms with Crippen LogP contribution < -0.4 is 4.90 Å². The molecule has 3 aliphatic heterocycles. The van der Waals surface area contributed by atoms with Crippen molar-refractivity contribution in [3.05, 3.63) is 150 Å². The number of allylic oxidation sites excluding steroid dienone is 4. The quantitative estimate of drug-likeness (QED) is 0.207. The van der Waals surface area contributed by atoms with Gasteiger partial charge in [-0.05, 0) is 71.5 Å². The van der Waals surface area contributed by atoms with E-state index in [9.17, 15) is 0 Å². The van der Waals surface area contributed by atoms with Gasteiger partial charge in [-0.3, -0.25) is 9.98 Å². The Hall–Kier alpha value is -4.87. The van der Waals surface area contributed by atoms with Gasteiger partial charge in [0.1, 0.15) is 0 Å². The molecule has 0 saturated heterocycles. The fourth-order valence-electron chi connectivity index (χ4n) is 8.08. The van der Waals surface area contributed by atoms with E-state index in [-0.39, 0.29) is 6.04 Å². The van der Waals surface area contributed by atoms with Crippen LogP contribution in [0, 0.1) is 0 Å². The molecule has 0 spiro atoms. The molecule has 10 rings (SSSR count). The molecule has 5 aromatic rings. The minimum atomic E-state index is 0.179. The summed E-state index contributed by atoms with van der Waals surface area (Å²) in [6.07, 6.45) is 24.2. The number of benzene rings is 3. The molecule has 0 radical (unpaired) electrons. The van der Waals surface area contributed by atoms with Crippen LogP contribution >= 0.6 is 11.8 Å². The third-order valence-corrected chi connectivity index (χ3v) is 11.4. The highest BCUT2D eigenvalue weighted by molar-refractivity contribution is 8.00. The molecule has 4 unspecified atom stereocenters. The normalized spacial score (nSPS) is 23.5. The van der Waals surface area contributed by atoms with Crippen molar-refractivity contribution in [2.24, 2.45) is 4.99 Å². The fraction of sp³-hybridized carbons (Fsp3) is 0.150. The summed E-state index contributed by atoms with van der Waals surface area (Å²) in [5.41, 5.74) is 13.0. The van der Waals surface area contributed by atoms with Crippen molar-refractivity contribution in [3.8, 4) is 5.69 Å². The Kier molecular flexibility index (Phi) is 5.55. The zero-order chi connectivity index (χ0) is 29.5. The van der Waals surface area contributed by atoms with Crippen LogP contribution in [0.4, 0.5) is 11.4 Å². The summed E-state index contributed by atoms with van der Waals surface area (Å²) < 4.78 is 2.49. The predicted molar refractivity (Wildman–Crippen MR) is 187 cm³/mol. The van der Waals surface area contributed by atoms with E-state index in [0.717, 1.165) is 12.8 Å². The number of fused-ring (bicyclic) bond motifs is 9. The van der Waals surface area contributed by atoms with Gasteiger partial charge in [0.2, 0.25) is 0 Å². The van der Waals surface area contributed by atoms with Crippen LogP contribution in [0.5, 0.6) is 0 Å². The summed E-state index contributed by atoms with van der Waals surface area (Å²) in [5, 5.41) is 1.75. The SMILES string of the molecule is C1=Cc2c(n(-c3cccc(C4=CC5c6ccc(N7c8cnccc8C8C=CN=CC87)cc6SC5C=C4)c3)c3ccccc23)CC1. The van der Waals surface area contributed by atoms with Crippen molar-refractivity contribution in [1.82, 2.24) is 9.55 Å². The van der Waals surface area contributed by atoms with Crippen molar-refractivity contribution < 1.29 is 0 Å². The van der Waals surface area contributed by atoms with Crippen molar-refractivity contribution in [1.29, 1.82) is 0 Å². The van der Waals surface area contributed by atoms with Crippen LogP contribution in [0.1, 0.15) is 46.2 Å². The van der Waals surface area contributed by atoms with E-state index in [1.165, 1.54) is 66.4 Å². The number of hydrogen-bond donors (Lipinski definition) is 0. The van der Waals surface area contributed by atoms with Crippen molar-refractivity contribution in [2.45, 2.75) is 40.9 Å². The largest absolute Gasteiger partial charge is 0.330 e. The molecule has 2 aliphatic carbocycles. The van der Waals surface area contributed by atoms with Gasteiger partial charge in [0.15, 0.2) is 0 Å². The Labute approximate surface area is 266 Å². The molecule has 45 heavy (non-hydrogen) atoms. The lowest BCUT2D eigenvalue weighted by Gasteiger charge is -2.28. The molecule has 5 heterocycles. The number of rotatable bonds is 3. The molecular formula is C40H30N4S. The smallest absolute Gasteiger partial charge is 0.0798 e. The Bertz CT molecular complexity index is 2200. The first-order valence-electron chi connectivity index (χ1n) is 15.9. The second-order valence-corrected chi connectivity index (χ2v) is 13.7. The van der Waals surface area contributed by atoms with Crippen LogP contribution in [-0.2, 0) is 6.42 Å². The third-order valence-electron chi connectivity index (χ3n) is 10.1. The highest BCUT2D eigenvalue weighted by atomic mass is 32.2. The third kappa shape index (κ3) is 3.80. The fourth-order valence-corrected chi connectivity index (χ4v) is 9.43. The van der Waals surface area contributed by atoms with E-state index in [4.69, 9.17) is 0 Å². The molecule has 0 fully saturated rings. The first-order valence-corrected chi connectivity index (χ1v) is 16.7. The topological polar surface area (TPSA) is 33.4 Å². The molecule has 2 aromatic heterocycles. The van der Waals surface area contributed by atoms with Crippen LogP contribution in [0.3, 0.4) is 0 Å². The minimum absolute atomic E-state index is 0.179. The Morgan fingerprint density at radius 1 is 0.844 bits per heavy atom. The van der Waals surface area contributed by atoms with Gasteiger partial charge in [0, 0.05) is 68.6 Å². The number of nitrogens with zero attached hydrogens (tertiary/aromatic N) is 4. The standard InChI is InChI=1S/C40H30N4S/c1-3-10-35-29(8-1)30-9-2-4-11-36(30)43(35)27-7-5-6-25(20-27)26-12-15-39-34(21-26)33-14-13-28(22-40(33)45-39)44-37-23-41-18-16-31(37)32-17-19-42-24-38(32)44/h1-3,5-10,12-24,31,34,37,39H,4,11H2. The van der Waals surface area contributed by atoms with Crippen LogP contribution in [-0.4, -0.2) is 27.1 Å². The molecular weight excluding hydrogens is 569 g/mol. The summed E-state index contributed by atoms with van der Waals surface area (Å²) in [7, 11) is 0. The number of pyridine rings is 1. The number of hydrogen-bond acceptors (Lipinski definition) is 4. The molecule has 5 heteroatoms. The average molecular weight is 599 g/mol. The minimum Gasteiger partial charge on any atom is -0.330 e. The van der Waals surface area contributed by atoms with Crippen molar-refractivity contribution in [3.63, 3.8) is 0 Å². The van der Waals surface area contributed by atoms with E-state index in [2.05, 4.69) is 135 Å². The maximum Gasteiger partial charge on any atom is 0.0798 e. The summed E-state index contributed by atoms with van der Waals surface area (Å²) in [5.74, 6) is 0.659. The van der Waals surface area contributed by atoms with Gasteiger partial charge in [-0.15, -0.1) is 11.8 Å². The first kappa shape index (κ1) is 25.5. The monoisotopic (exact) mass is 598 g/mol. The summed E-state index contributed by atoms with van der Waals surface area (Å²) in [4.78, 5) is 12.8. The molecule has 4 atom stereocenters. The Morgan fingerprint density at radius 3 is 2.82 bits per heavy atom. The van der Waals surface area contributed by atoms with Gasteiger partial charge < -0.3 is 9.47 Å². The molecule has 0 amide bonds. The summed E-state index contributed by atoms with van der Waals surface area (Å²) in [6, 6.07) is 27.3. The zero-order valence-electron chi connectivity index (χ0n) is 24.6. The molecule has 4 nitrogen and oxygen atoms in total. The number of aromatic nitrogens is 2. The predicted octanol–water partition coefficient (Wildman–Crippen LogP) is 9.40. The van der Waals surface area contributed by atoms with Crippen molar-refractivity contribution >= 4 is 51.9 Å². The Morgan fingerprint density at radius 2 is 1.82 bits per heavy atom. The summed E-state index contributed by atoms with van der Waals surface area (Å²) >= 11 is 1.99. The van der Waals surface area contributed by atoms with Crippen LogP contribution in [0.2, 0.25) is 0 Å². The molecule has 0 N–H and O–H groups in total. The molecule has 216 valence electrons. The van der Waals surface area contributed by atoms with Gasteiger partial charge >= 0.3 is 0 Å². The Balaban J connectivity index is 1.01. The van der Waals surface area contributed by atoms with Gasteiger partial charge in [0.25, 0.3) is 0 Å². The van der Waals surface area contributed by atoms with Gasteiger partial charge in [-0.25, -0.2) is 0 Å². The van der Waals surface area contributed by atoms with Crippen LogP contribution in [0.25, 0.3) is 28.2 Å². The highest BCUT2D eigenvalue weighted by Gasteiger charge is 2.39. The zero-order valence-corrected chi connectivity index (χ0v) is 25.4. The average Bonchev–Trinajstić information content (AvgIpc) is 3.75.